The largest absolute Gasteiger partial charge is 0.494 e. The van der Waals surface area contributed by atoms with Crippen molar-refractivity contribution in [3.63, 3.8) is 0 Å². The number of benzene rings is 1. The average Bonchev–Trinajstić information content (AvgIpc) is 2.36. The van der Waals surface area contributed by atoms with Gasteiger partial charge in [-0.3, -0.25) is 4.79 Å². The molecule has 0 fully saturated rings. The fourth-order valence-corrected chi connectivity index (χ4v) is 1.55. The summed E-state index contributed by atoms with van der Waals surface area (Å²) in [6.45, 7) is 8.86. The van der Waals surface area contributed by atoms with Crippen LogP contribution in [0.25, 0.3) is 0 Å². The smallest absolute Gasteiger partial charge is 0.220 e. The molecule has 1 N–H and O–H groups in total. The maximum absolute atomic E-state index is 11.6. The molecule has 1 atom stereocenters. The first kappa shape index (κ1) is 15.5. The molecule has 1 aromatic rings. The van der Waals surface area contributed by atoms with Crippen LogP contribution in [0.4, 0.5) is 0 Å². The Bertz CT molecular complexity index is 384. The highest BCUT2D eigenvalue weighted by atomic mass is 16.5. The van der Waals surface area contributed by atoms with Crippen molar-refractivity contribution in [3.8, 4) is 5.75 Å². The van der Waals surface area contributed by atoms with Gasteiger partial charge in [0, 0.05) is 12.5 Å². The summed E-state index contributed by atoms with van der Waals surface area (Å²) >= 11 is 0. The van der Waals surface area contributed by atoms with Crippen molar-refractivity contribution < 1.29 is 9.53 Å². The van der Waals surface area contributed by atoms with E-state index in [-0.39, 0.29) is 11.9 Å². The summed E-state index contributed by atoms with van der Waals surface area (Å²) in [5, 5.41) is 2.99. The van der Waals surface area contributed by atoms with Gasteiger partial charge in [-0.15, -0.1) is 0 Å². The highest BCUT2D eigenvalue weighted by Gasteiger charge is 2.10. The van der Waals surface area contributed by atoms with E-state index < -0.39 is 0 Å². The first-order valence-corrected chi connectivity index (χ1v) is 6.98. The van der Waals surface area contributed by atoms with Crippen molar-refractivity contribution in [2.24, 2.45) is 5.92 Å². The third-order valence-electron chi connectivity index (χ3n) is 3.23. The number of carbonyl (C=O) groups excluding carboxylic acids is 1. The molecule has 3 nitrogen and oxygen atoms in total. The molecule has 0 bridgehead atoms. The summed E-state index contributed by atoms with van der Waals surface area (Å²) < 4.78 is 5.58. The molecule has 0 aromatic heterocycles. The number of carbonyl (C=O) groups is 1. The van der Waals surface area contributed by atoms with E-state index in [0.29, 0.717) is 18.9 Å². The van der Waals surface area contributed by atoms with Crippen LogP contribution in [0.3, 0.4) is 0 Å². The van der Waals surface area contributed by atoms with Gasteiger partial charge in [-0.2, -0.15) is 0 Å². The number of aryl methyl sites for hydroxylation is 1. The van der Waals surface area contributed by atoms with Crippen LogP contribution in [0.15, 0.2) is 24.3 Å². The quantitative estimate of drug-likeness (QED) is 0.766. The Labute approximate surface area is 116 Å². The van der Waals surface area contributed by atoms with Gasteiger partial charge in [0.1, 0.15) is 5.75 Å². The second-order valence-electron chi connectivity index (χ2n) is 5.37. The lowest BCUT2D eigenvalue weighted by atomic mass is 10.1. The Hall–Kier alpha value is -1.51. The lowest BCUT2D eigenvalue weighted by molar-refractivity contribution is -0.122. The molecule has 0 radical (unpaired) electrons. The summed E-state index contributed by atoms with van der Waals surface area (Å²) in [6.07, 6.45) is 1.26. The maximum Gasteiger partial charge on any atom is 0.220 e. The van der Waals surface area contributed by atoms with Crippen molar-refractivity contribution in [2.75, 3.05) is 6.61 Å². The lowest BCUT2D eigenvalue weighted by Crippen LogP contribution is -2.36. The molecule has 0 aliphatic rings. The molecule has 1 aromatic carbocycles. The van der Waals surface area contributed by atoms with Gasteiger partial charge >= 0.3 is 0 Å². The number of hydrogen-bond donors (Lipinski definition) is 1. The molecular formula is C16H25NO2. The molecule has 0 aliphatic heterocycles. The van der Waals surface area contributed by atoms with E-state index in [1.54, 1.807) is 0 Å². The average molecular weight is 263 g/mol. The molecule has 0 saturated heterocycles. The van der Waals surface area contributed by atoms with Crippen LogP contribution in [-0.4, -0.2) is 18.6 Å². The molecule has 106 valence electrons. The molecule has 3 heteroatoms. The predicted octanol–water partition coefficient (Wildman–Crippen LogP) is 3.31. The van der Waals surface area contributed by atoms with Gasteiger partial charge in [-0.25, -0.2) is 0 Å². The van der Waals surface area contributed by atoms with E-state index in [2.05, 4.69) is 19.2 Å². The predicted molar refractivity (Wildman–Crippen MR) is 78.4 cm³/mol. The summed E-state index contributed by atoms with van der Waals surface area (Å²) in [5.74, 6) is 1.43. The van der Waals surface area contributed by atoms with Crippen LogP contribution in [0.5, 0.6) is 5.75 Å². The Morgan fingerprint density at radius 1 is 1.21 bits per heavy atom. The van der Waals surface area contributed by atoms with Gasteiger partial charge in [0.2, 0.25) is 5.91 Å². The van der Waals surface area contributed by atoms with Crippen LogP contribution >= 0.6 is 0 Å². The van der Waals surface area contributed by atoms with Crippen molar-refractivity contribution in [3.05, 3.63) is 29.8 Å². The van der Waals surface area contributed by atoms with E-state index in [1.807, 2.05) is 38.1 Å². The highest BCUT2D eigenvalue weighted by molar-refractivity contribution is 5.76. The number of ether oxygens (including phenoxy) is 1. The van der Waals surface area contributed by atoms with Gasteiger partial charge in [-0.05, 0) is 38.3 Å². The number of hydrogen-bond acceptors (Lipinski definition) is 2. The normalized spacial score (nSPS) is 12.3. The van der Waals surface area contributed by atoms with E-state index in [9.17, 15) is 4.79 Å². The van der Waals surface area contributed by atoms with Gasteiger partial charge in [0.15, 0.2) is 0 Å². The van der Waals surface area contributed by atoms with Gasteiger partial charge in [0.25, 0.3) is 0 Å². The fraction of sp³-hybridized carbons (Fsp3) is 0.562. The molecule has 0 aliphatic carbocycles. The zero-order chi connectivity index (χ0) is 14.3. The van der Waals surface area contributed by atoms with E-state index in [0.717, 1.165) is 12.2 Å². The second-order valence-corrected chi connectivity index (χ2v) is 5.37. The summed E-state index contributed by atoms with van der Waals surface area (Å²) in [6, 6.07) is 8.18. The molecule has 19 heavy (non-hydrogen) atoms. The Morgan fingerprint density at radius 2 is 1.84 bits per heavy atom. The third-order valence-corrected chi connectivity index (χ3v) is 3.23. The number of nitrogens with one attached hydrogen (secondary N) is 1. The third kappa shape index (κ3) is 6.27. The SMILES string of the molecule is Cc1ccc(OCCCC(=O)N[C@@H](C)C(C)C)cc1. The zero-order valence-corrected chi connectivity index (χ0v) is 12.4. The number of rotatable bonds is 7. The van der Waals surface area contributed by atoms with E-state index in [4.69, 9.17) is 4.74 Å². The van der Waals surface area contributed by atoms with Crippen LogP contribution in [0.2, 0.25) is 0 Å². The monoisotopic (exact) mass is 263 g/mol. The zero-order valence-electron chi connectivity index (χ0n) is 12.4. The maximum atomic E-state index is 11.6. The molecule has 0 saturated carbocycles. The molecule has 1 rings (SSSR count). The lowest BCUT2D eigenvalue weighted by Gasteiger charge is -2.17. The molecule has 0 unspecified atom stereocenters. The topological polar surface area (TPSA) is 38.3 Å². The molecule has 1 amide bonds. The van der Waals surface area contributed by atoms with Crippen LogP contribution in [0, 0.1) is 12.8 Å². The Kier molecular flexibility index (Phi) is 6.40. The standard InChI is InChI=1S/C16H25NO2/c1-12(2)14(4)17-16(18)6-5-11-19-15-9-7-13(3)8-10-15/h7-10,12,14H,5-6,11H2,1-4H3,(H,17,18)/t14-/m0/s1. The van der Waals surface area contributed by atoms with Crippen LogP contribution in [0.1, 0.15) is 39.2 Å². The van der Waals surface area contributed by atoms with Gasteiger partial charge < -0.3 is 10.1 Å². The molecule has 0 heterocycles. The van der Waals surface area contributed by atoms with Crippen molar-refractivity contribution in [1.82, 2.24) is 5.32 Å². The minimum absolute atomic E-state index is 0.105. The first-order chi connectivity index (χ1) is 8.99. The van der Waals surface area contributed by atoms with Crippen molar-refractivity contribution >= 4 is 5.91 Å². The van der Waals surface area contributed by atoms with Crippen LogP contribution < -0.4 is 10.1 Å². The second kappa shape index (κ2) is 7.82. The summed E-state index contributed by atoms with van der Waals surface area (Å²) in [7, 11) is 0. The van der Waals surface area contributed by atoms with Gasteiger partial charge in [-0.1, -0.05) is 31.5 Å². The molecular weight excluding hydrogens is 238 g/mol. The Balaban J connectivity index is 2.17. The summed E-state index contributed by atoms with van der Waals surface area (Å²) in [4.78, 5) is 11.6. The first-order valence-electron chi connectivity index (χ1n) is 6.98. The van der Waals surface area contributed by atoms with E-state index >= 15 is 0 Å². The van der Waals surface area contributed by atoms with Crippen LogP contribution in [-0.2, 0) is 4.79 Å². The fourth-order valence-electron chi connectivity index (χ4n) is 1.55. The molecule has 0 spiro atoms. The minimum Gasteiger partial charge on any atom is -0.494 e. The minimum atomic E-state index is 0.105. The van der Waals surface area contributed by atoms with Crippen molar-refractivity contribution in [1.29, 1.82) is 0 Å². The highest BCUT2D eigenvalue weighted by Crippen LogP contribution is 2.11. The summed E-state index contributed by atoms with van der Waals surface area (Å²) in [5.41, 5.74) is 1.22. The number of amides is 1. The van der Waals surface area contributed by atoms with Gasteiger partial charge in [0.05, 0.1) is 6.61 Å². The van der Waals surface area contributed by atoms with E-state index in [1.165, 1.54) is 5.56 Å². The Morgan fingerprint density at radius 3 is 2.42 bits per heavy atom. The van der Waals surface area contributed by atoms with Crippen molar-refractivity contribution in [2.45, 2.75) is 46.6 Å².